The predicted octanol–water partition coefficient (Wildman–Crippen LogP) is 3.13. The second-order valence-electron chi connectivity index (χ2n) is 14.2. The van der Waals surface area contributed by atoms with Gasteiger partial charge in [0.1, 0.15) is 0 Å². The third-order valence-electron chi connectivity index (χ3n) is 10.8. The Hall–Kier alpha value is -1.93. The van der Waals surface area contributed by atoms with Gasteiger partial charge in [-0.3, -0.25) is 24.8 Å². The molecule has 0 bridgehead atoms. The van der Waals surface area contributed by atoms with E-state index in [1.165, 1.54) is 17.0 Å². The fourth-order valence-electron chi connectivity index (χ4n) is 8.26. The van der Waals surface area contributed by atoms with Crippen LogP contribution >= 0.6 is 0 Å². The van der Waals surface area contributed by atoms with Crippen molar-refractivity contribution in [2.75, 3.05) is 26.2 Å². The highest BCUT2D eigenvalue weighted by Crippen LogP contribution is 2.47. The maximum atomic E-state index is 6.86. The van der Waals surface area contributed by atoms with Gasteiger partial charge in [-0.1, -0.05) is 6.07 Å². The van der Waals surface area contributed by atoms with Crippen molar-refractivity contribution in [2.45, 2.75) is 114 Å². The molecule has 2 fully saturated rings. The normalized spacial score (nSPS) is 27.1. The van der Waals surface area contributed by atoms with Crippen LogP contribution in [0.3, 0.4) is 0 Å². The van der Waals surface area contributed by atoms with Crippen molar-refractivity contribution in [3.8, 4) is 0 Å². The Kier molecular flexibility index (Phi) is 6.26. The molecule has 2 atom stereocenters. The zero-order valence-corrected chi connectivity index (χ0v) is 24.1. The van der Waals surface area contributed by atoms with E-state index in [2.05, 4.69) is 61.5 Å². The number of fused-ring (bicyclic) bond motifs is 4. The van der Waals surface area contributed by atoms with Crippen LogP contribution in [0.25, 0.3) is 0 Å². The summed E-state index contributed by atoms with van der Waals surface area (Å²) in [6, 6.07) is 4.97. The van der Waals surface area contributed by atoms with E-state index in [1.807, 2.05) is 6.20 Å². The molecule has 4 aliphatic rings. The molecular formula is C31H47N7. The molecule has 7 heteroatoms. The summed E-state index contributed by atoms with van der Waals surface area (Å²) in [6.45, 7) is 16.0. The summed E-state index contributed by atoms with van der Waals surface area (Å²) in [5.74, 6) is 0. The first-order valence-corrected chi connectivity index (χ1v) is 14.8. The molecule has 4 N–H and O–H groups in total. The SMILES string of the molecule is CC(C)(C)N1CCC2(CC1)c1ccc(CC(C)(C)N3CCC4(CC3)c3nccnc3C[C@H]4N)nc1C[C@H]2N. The van der Waals surface area contributed by atoms with Crippen LogP contribution in [0.1, 0.15) is 88.6 Å². The molecule has 0 radical (unpaired) electrons. The fraction of sp³-hybridized carbons (Fsp3) is 0.710. The Balaban J connectivity index is 1.15. The third-order valence-corrected chi connectivity index (χ3v) is 10.8. The average molecular weight is 518 g/mol. The molecule has 4 heterocycles. The lowest BCUT2D eigenvalue weighted by molar-refractivity contribution is 0.0563. The molecule has 2 spiro atoms. The number of nitrogens with two attached hydrogens (primary N) is 2. The lowest BCUT2D eigenvalue weighted by atomic mass is 9.71. The molecule has 0 aromatic carbocycles. The van der Waals surface area contributed by atoms with Crippen LogP contribution in [-0.2, 0) is 30.1 Å². The van der Waals surface area contributed by atoms with Gasteiger partial charge in [0.2, 0.25) is 0 Å². The van der Waals surface area contributed by atoms with Crippen molar-refractivity contribution in [2.24, 2.45) is 11.5 Å². The van der Waals surface area contributed by atoms with Crippen molar-refractivity contribution in [3.63, 3.8) is 0 Å². The number of piperidine rings is 2. The number of nitrogens with zero attached hydrogens (tertiary/aromatic N) is 5. The highest BCUT2D eigenvalue weighted by Gasteiger charge is 2.51. The number of aromatic nitrogens is 3. The summed E-state index contributed by atoms with van der Waals surface area (Å²) in [5, 5.41) is 0. The van der Waals surface area contributed by atoms with Gasteiger partial charge >= 0.3 is 0 Å². The minimum absolute atomic E-state index is 0.0188. The third kappa shape index (κ3) is 4.12. The van der Waals surface area contributed by atoms with E-state index < -0.39 is 0 Å². The Morgan fingerprint density at radius 3 is 2.05 bits per heavy atom. The van der Waals surface area contributed by atoms with Crippen molar-refractivity contribution >= 4 is 0 Å². The Morgan fingerprint density at radius 1 is 0.789 bits per heavy atom. The van der Waals surface area contributed by atoms with Crippen LogP contribution in [-0.4, -0.2) is 74.1 Å². The van der Waals surface area contributed by atoms with Crippen LogP contribution in [0.15, 0.2) is 24.5 Å². The second-order valence-corrected chi connectivity index (χ2v) is 14.2. The second kappa shape index (κ2) is 9.05. The summed E-state index contributed by atoms with van der Waals surface area (Å²) >= 11 is 0. The first kappa shape index (κ1) is 26.3. The van der Waals surface area contributed by atoms with Gasteiger partial charge < -0.3 is 11.5 Å². The van der Waals surface area contributed by atoms with Crippen LogP contribution in [0, 0.1) is 0 Å². The van der Waals surface area contributed by atoms with E-state index in [9.17, 15) is 0 Å². The molecule has 2 aliphatic carbocycles. The maximum absolute atomic E-state index is 6.86. The monoisotopic (exact) mass is 517 g/mol. The molecule has 0 unspecified atom stereocenters. The smallest absolute Gasteiger partial charge is 0.0697 e. The standard InChI is InChI=1S/C31H47N7/c1-28(2,3)37-14-8-30(9-15-37)22-7-6-21(36-23(22)18-25(30)32)20-29(4,5)38-16-10-31(11-17-38)26(33)19-24-27(31)35-13-12-34-24/h6-7,12-13,25-26H,8-11,14-20,32-33H2,1-5H3/t25-,26-/m1/s1. The number of pyridine rings is 1. The van der Waals surface area contributed by atoms with E-state index in [-0.39, 0.29) is 34.0 Å². The van der Waals surface area contributed by atoms with Gasteiger partial charge in [0.25, 0.3) is 0 Å². The Bertz CT molecular complexity index is 1180. The largest absolute Gasteiger partial charge is 0.327 e. The van der Waals surface area contributed by atoms with Crippen LogP contribution in [0.4, 0.5) is 0 Å². The van der Waals surface area contributed by atoms with E-state index in [1.54, 1.807) is 6.20 Å². The van der Waals surface area contributed by atoms with Crippen LogP contribution in [0.5, 0.6) is 0 Å². The van der Waals surface area contributed by atoms with Gasteiger partial charge in [-0.15, -0.1) is 0 Å². The average Bonchev–Trinajstić information content (AvgIpc) is 3.29. The lowest BCUT2D eigenvalue weighted by Crippen LogP contribution is -2.56. The molecule has 0 amide bonds. The molecule has 38 heavy (non-hydrogen) atoms. The van der Waals surface area contributed by atoms with Gasteiger partial charge in [0, 0.05) is 77.0 Å². The summed E-state index contributed by atoms with van der Waals surface area (Å²) in [6.07, 6.45) is 10.7. The summed E-state index contributed by atoms with van der Waals surface area (Å²) in [7, 11) is 0. The molecule has 2 aromatic heterocycles. The van der Waals surface area contributed by atoms with Crippen molar-refractivity contribution in [1.82, 2.24) is 24.8 Å². The first-order chi connectivity index (χ1) is 17.9. The molecule has 2 saturated heterocycles. The van der Waals surface area contributed by atoms with E-state index in [0.717, 1.165) is 82.5 Å². The van der Waals surface area contributed by atoms with Gasteiger partial charge in [0.05, 0.1) is 11.4 Å². The number of likely N-dealkylation sites (tertiary alicyclic amines) is 2. The first-order valence-electron chi connectivity index (χ1n) is 14.8. The van der Waals surface area contributed by atoms with E-state index >= 15 is 0 Å². The van der Waals surface area contributed by atoms with Gasteiger partial charge in [0.15, 0.2) is 0 Å². The Morgan fingerprint density at radius 2 is 1.37 bits per heavy atom. The van der Waals surface area contributed by atoms with Crippen molar-refractivity contribution < 1.29 is 0 Å². The van der Waals surface area contributed by atoms with Gasteiger partial charge in [-0.2, -0.15) is 0 Å². The van der Waals surface area contributed by atoms with Crippen molar-refractivity contribution in [1.29, 1.82) is 0 Å². The van der Waals surface area contributed by atoms with Gasteiger partial charge in [-0.05, 0) is 98.1 Å². The molecule has 0 saturated carbocycles. The molecule has 2 aliphatic heterocycles. The highest BCUT2D eigenvalue weighted by molar-refractivity contribution is 5.40. The Labute approximate surface area is 228 Å². The van der Waals surface area contributed by atoms with Crippen LogP contribution < -0.4 is 11.5 Å². The molecule has 2 aromatic rings. The minimum atomic E-state index is -0.0188. The molecule has 7 nitrogen and oxygen atoms in total. The molecule has 6 rings (SSSR count). The fourth-order valence-corrected chi connectivity index (χ4v) is 8.26. The highest BCUT2D eigenvalue weighted by atomic mass is 15.2. The van der Waals surface area contributed by atoms with Gasteiger partial charge in [-0.25, -0.2) is 0 Å². The maximum Gasteiger partial charge on any atom is 0.0697 e. The quantitative estimate of drug-likeness (QED) is 0.646. The number of rotatable bonds is 3. The number of hydrogen-bond acceptors (Lipinski definition) is 7. The van der Waals surface area contributed by atoms with E-state index in [0.29, 0.717) is 0 Å². The van der Waals surface area contributed by atoms with E-state index in [4.69, 9.17) is 21.4 Å². The summed E-state index contributed by atoms with van der Waals surface area (Å²) in [4.78, 5) is 19.8. The molecule has 206 valence electrons. The lowest BCUT2D eigenvalue weighted by Gasteiger charge is -2.48. The number of hydrogen-bond donors (Lipinski definition) is 2. The predicted molar refractivity (Wildman–Crippen MR) is 152 cm³/mol. The summed E-state index contributed by atoms with van der Waals surface area (Å²) < 4.78 is 0. The topological polar surface area (TPSA) is 97.2 Å². The molecular weight excluding hydrogens is 470 g/mol. The van der Waals surface area contributed by atoms with Crippen LogP contribution in [0.2, 0.25) is 0 Å². The zero-order valence-electron chi connectivity index (χ0n) is 24.1. The zero-order chi connectivity index (χ0) is 26.9. The summed E-state index contributed by atoms with van der Waals surface area (Å²) in [5.41, 5.74) is 20.0. The minimum Gasteiger partial charge on any atom is -0.327 e. The van der Waals surface area contributed by atoms with Crippen molar-refractivity contribution in [3.05, 3.63) is 52.9 Å².